The second-order valence-electron chi connectivity index (χ2n) is 1.76. The van der Waals surface area contributed by atoms with E-state index in [1.807, 2.05) is 0 Å². The van der Waals surface area contributed by atoms with Crippen LogP contribution in [-0.4, -0.2) is 24.4 Å². The number of rotatable bonds is 3. The molecule has 0 radical (unpaired) electrons. The smallest absolute Gasteiger partial charge is 0.335 e. The van der Waals surface area contributed by atoms with Gasteiger partial charge in [-0.2, -0.15) is 0 Å². The van der Waals surface area contributed by atoms with Crippen LogP contribution in [-0.2, 0) is 14.4 Å². The number of methoxy groups -OCH3 is 1. The second kappa shape index (κ2) is 4.03. The molecule has 0 aromatic carbocycles. The summed E-state index contributed by atoms with van der Waals surface area (Å²) in [6.45, 7) is 4.82. The minimum atomic E-state index is -0.715. The van der Waals surface area contributed by atoms with Crippen LogP contribution in [0.4, 0.5) is 0 Å². The lowest BCUT2D eigenvalue weighted by Gasteiger charge is -2.07. The van der Waals surface area contributed by atoms with Crippen molar-refractivity contribution in [3.63, 3.8) is 0 Å². The highest BCUT2D eigenvalue weighted by Crippen LogP contribution is 2.03. The highest BCUT2D eigenvalue weighted by Gasteiger charge is 2.14. The molecule has 0 fully saturated rings. The Kier molecular flexibility index (Phi) is 3.68. The predicted octanol–water partition coefficient (Wildman–Crippen LogP) is 0.594. The van der Waals surface area contributed by atoms with Gasteiger partial charge in [0.25, 0.3) is 0 Å². The molecule has 0 rings (SSSR count). The Morgan fingerprint density at radius 1 is 1.70 bits per heavy atom. The van der Waals surface area contributed by atoms with Gasteiger partial charge in [0.1, 0.15) is 6.10 Å². The van der Waals surface area contributed by atoms with Crippen molar-refractivity contribution in [1.29, 1.82) is 0 Å². The lowest BCUT2D eigenvalue weighted by Crippen LogP contribution is -2.17. The second-order valence-corrected chi connectivity index (χ2v) is 1.76. The van der Waals surface area contributed by atoms with Gasteiger partial charge in [0.15, 0.2) is 0 Å². The molecule has 1 N–H and O–H groups in total. The monoisotopic (exact) mass is 146 g/mol. The van der Waals surface area contributed by atoms with Crippen molar-refractivity contribution in [3.05, 3.63) is 12.2 Å². The first-order valence-electron chi connectivity index (χ1n) is 2.70. The maximum absolute atomic E-state index is 10.6. The van der Waals surface area contributed by atoms with E-state index < -0.39 is 12.1 Å². The molecule has 0 amide bonds. The van der Waals surface area contributed by atoms with E-state index in [2.05, 4.69) is 16.2 Å². The topological polar surface area (TPSA) is 55.8 Å². The lowest BCUT2D eigenvalue weighted by molar-refractivity contribution is -0.264. The maximum Gasteiger partial charge on any atom is 0.335 e. The van der Waals surface area contributed by atoms with E-state index in [9.17, 15) is 4.79 Å². The van der Waals surface area contributed by atoms with Gasteiger partial charge in [-0.05, 0) is 6.92 Å². The van der Waals surface area contributed by atoms with E-state index in [1.54, 1.807) is 0 Å². The molecule has 0 saturated carbocycles. The molecular formula is C6H10O4. The number of carbonyl (C=O) groups is 1. The fraction of sp³-hybridized carbons (Fsp3) is 0.500. The highest BCUT2D eigenvalue weighted by molar-refractivity contribution is 5.88. The van der Waals surface area contributed by atoms with Gasteiger partial charge in [-0.15, -0.1) is 0 Å². The molecule has 0 unspecified atom stereocenters. The van der Waals surface area contributed by atoms with Gasteiger partial charge in [0.2, 0.25) is 0 Å². The Bertz CT molecular complexity index is 141. The van der Waals surface area contributed by atoms with Gasteiger partial charge in [0.05, 0.1) is 12.7 Å². The van der Waals surface area contributed by atoms with Crippen molar-refractivity contribution >= 4 is 5.97 Å². The summed E-state index contributed by atoms with van der Waals surface area (Å²) in [4.78, 5) is 14.4. The Labute approximate surface area is 59.0 Å². The Morgan fingerprint density at radius 2 is 2.20 bits per heavy atom. The van der Waals surface area contributed by atoms with Crippen molar-refractivity contribution in [1.82, 2.24) is 0 Å². The largest absolute Gasteiger partial charge is 0.466 e. The van der Waals surface area contributed by atoms with Crippen molar-refractivity contribution < 1.29 is 19.7 Å². The van der Waals surface area contributed by atoms with Crippen molar-refractivity contribution in [2.75, 3.05) is 7.11 Å². The first kappa shape index (κ1) is 9.13. The van der Waals surface area contributed by atoms with Crippen LogP contribution in [0.1, 0.15) is 6.92 Å². The fourth-order valence-electron chi connectivity index (χ4n) is 0.361. The van der Waals surface area contributed by atoms with Crippen LogP contribution >= 0.6 is 0 Å². The lowest BCUT2D eigenvalue weighted by atomic mass is 10.2. The summed E-state index contributed by atoms with van der Waals surface area (Å²) in [7, 11) is 1.23. The van der Waals surface area contributed by atoms with Gasteiger partial charge in [0, 0.05) is 0 Å². The Balaban J connectivity index is 3.95. The van der Waals surface area contributed by atoms with E-state index in [1.165, 1.54) is 14.0 Å². The normalized spacial score (nSPS) is 12.3. The van der Waals surface area contributed by atoms with Crippen molar-refractivity contribution in [3.8, 4) is 0 Å². The first-order valence-corrected chi connectivity index (χ1v) is 2.70. The Hall–Kier alpha value is -0.870. The molecule has 0 aliphatic carbocycles. The average molecular weight is 146 g/mol. The number of esters is 1. The van der Waals surface area contributed by atoms with E-state index >= 15 is 0 Å². The highest BCUT2D eigenvalue weighted by atomic mass is 17.1. The first-order chi connectivity index (χ1) is 4.63. The summed E-state index contributed by atoms with van der Waals surface area (Å²) in [5.41, 5.74) is 0.0880. The summed E-state index contributed by atoms with van der Waals surface area (Å²) in [5.74, 6) is -0.582. The number of hydrogen-bond donors (Lipinski definition) is 1. The molecule has 0 aliphatic heterocycles. The minimum absolute atomic E-state index is 0.0880. The van der Waals surface area contributed by atoms with Crippen LogP contribution in [0.2, 0.25) is 0 Å². The number of hydrogen-bond acceptors (Lipinski definition) is 4. The standard InChI is InChI=1S/C6H10O4/c1-4(5(2)10-8)6(7)9-3/h5,8H,1H2,2-3H3/t5-/m0/s1. The molecule has 0 bridgehead atoms. The van der Waals surface area contributed by atoms with Crippen LogP contribution in [0, 0.1) is 0 Å². The molecule has 0 aromatic rings. The number of carbonyl (C=O) groups excluding carboxylic acids is 1. The van der Waals surface area contributed by atoms with Crippen LogP contribution in [0.5, 0.6) is 0 Å². The molecule has 58 valence electrons. The summed E-state index contributed by atoms with van der Waals surface area (Å²) in [6, 6.07) is 0. The number of ether oxygens (including phenoxy) is 1. The van der Waals surface area contributed by atoms with E-state index in [-0.39, 0.29) is 5.57 Å². The minimum Gasteiger partial charge on any atom is -0.466 e. The average Bonchev–Trinajstić information content (AvgIpc) is 2.00. The zero-order chi connectivity index (χ0) is 8.15. The zero-order valence-electron chi connectivity index (χ0n) is 5.96. The van der Waals surface area contributed by atoms with Gasteiger partial charge < -0.3 is 4.74 Å². The molecule has 4 heteroatoms. The van der Waals surface area contributed by atoms with Gasteiger partial charge >= 0.3 is 5.97 Å². The molecule has 0 saturated heterocycles. The summed E-state index contributed by atoms with van der Waals surface area (Å²) in [6.07, 6.45) is -0.715. The third-order valence-corrected chi connectivity index (χ3v) is 1.10. The van der Waals surface area contributed by atoms with E-state index in [0.29, 0.717) is 0 Å². The maximum atomic E-state index is 10.6. The summed E-state index contributed by atoms with van der Waals surface area (Å²) in [5, 5.41) is 8.08. The predicted molar refractivity (Wildman–Crippen MR) is 34.3 cm³/mol. The van der Waals surface area contributed by atoms with Crippen LogP contribution in [0.3, 0.4) is 0 Å². The third kappa shape index (κ3) is 2.16. The molecule has 0 spiro atoms. The molecule has 4 nitrogen and oxygen atoms in total. The van der Waals surface area contributed by atoms with Crippen LogP contribution < -0.4 is 0 Å². The molecule has 0 aromatic heterocycles. The third-order valence-electron chi connectivity index (χ3n) is 1.10. The zero-order valence-corrected chi connectivity index (χ0v) is 5.96. The van der Waals surface area contributed by atoms with E-state index in [4.69, 9.17) is 5.26 Å². The van der Waals surface area contributed by atoms with E-state index in [0.717, 1.165) is 0 Å². The fourth-order valence-corrected chi connectivity index (χ4v) is 0.361. The van der Waals surface area contributed by atoms with Gasteiger partial charge in [-0.1, -0.05) is 6.58 Å². The molecule has 0 aliphatic rings. The van der Waals surface area contributed by atoms with Crippen molar-refractivity contribution in [2.45, 2.75) is 13.0 Å². The quantitative estimate of drug-likeness (QED) is 0.274. The van der Waals surface area contributed by atoms with Crippen molar-refractivity contribution in [2.24, 2.45) is 0 Å². The van der Waals surface area contributed by atoms with Gasteiger partial charge in [-0.3, -0.25) is 5.26 Å². The molecule has 1 atom stereocenters. The van der Waals surface area contributed by atoms with Gasteiger partial charge in [-0.25, -0.2) is 9.68 Å². The summed E-state index contributed by atoms with van der Waals surface area (Å²) >= 11 is 0. The molecule has 10 heavy (non-hydrogen) atoms. The summed E-state index contributed by atoms with van der Waals surface area (Å²) < 4.78 is 4.31. The molecular weight excluding hydrogens is 136 g/mol. The van der Waals surface area contributed by atoms with Crippen LogP contribution in [0.25, 0.3) is 0 Å². The molecule has 0 heterocycles. The van der Waals surface area contributed by atoms with Crippen LogP contribution in [0.15, 0.2) is 12.2 Å². The Morgan fingerprint density at radius 3 is 2.50 bits per heavy atom. The SMILES string of the molecule is C=C(C(=O)OC)[C@H](C)OO.